The highest BCUT2D eigenvalue weighted by Crippen LogP contribution is 2.47. The van der Waals surface area contributed by atoms with Gasteiger partial charge in [0.25, 0.3) is 15.9 Å². The van der Waals surface area contributed by atoms with Crippen LogP contribution in [0.1, 0.15) is 31.7 Å². The molecule has 2 heterocycles. The lowest BCUT2D eigenvalue weighted by molar-refractivity contribution is -0.130. The molecule has 1 aliphatic carbocycles. The number of nitrogens with one attached hydrogen (secondary N) is 2. The van der Waals surface area contributed by atoms with Gasteiger partial charge in [-0.1, -0.05) is 31.9 Å². The summed E-state index contributed by atoms with van der Waals surface area (Å²) in [5.74, 6) is -1.18. The summed E-state index contributed by atoms with van der Waals surface area (Å²) in [6.45, 7) is 2.17. The fourth-order valence-corrected chi connectivity index (χ4v) is 6.65. The van der Waals surface area contributed by atoms with Gasteiger partial charge in [-0.3, -0.25) is 9.52 Å². The van der Waals surface area contributed by atoms with Crippen LogP contribution in [0.15, 0.2) is 63.1 Å². The number of fused-ring (bicyclic) bond motifs is 1. The zero-order chi connectivity index (χ0) is 27.5. The minimum atomic E-state index is -4.36. The fourth-order valence-electron chi connectivity index (χ4n) is 4.95. The molecule has 3 aliphatic rings. The highest BCUT2D eigenvalue weighted by atomic mass is 32.2. The minimum absolute atomic E-state index is 0.0357. The number of rotatable bonds is 7. The highest BCUT2D eigenvalue weighted by Gasteiger charge is 2.47. The number of amides is 1. The Bertz CT molecular complexity index is 1600. The first kappa shape index (κ1) is 26.2. The fraction of sp³-hybridized carbons (Fsp3) is 0.360. The lowest BCUT2D eigenvalue weighted by Gasteiger charge is -2.41. The second-order valence-corrected chi connectivity index (χ2v) is 13.7. The smallest absolute Gasteiger partial charge is 0.286 e. The van der Waals surface area contributed by atoms with Crippen LogP contribution in [0, 0.1) is 17.2 Å². The standard InChI is InChI=1S/C25H27FN4O6S2/c1-25(12-15-3-4-15)14-30(13-16-5-7-17(26)8-6-16)24(32)21(22(25)31)23-27-19-10-9-18(28-37(2,33)34)11-20(19)38(35,36)29-23/h5-11,15,28,31H,3-4,12-14H2,1-2H3,(H,27,29). The number of benzene rings is 2. The Hall–Kier alpha value is -3.45. The molecule has 0 radical (unpaired) electrons. The second kappa shape index (κ2) is 9.09. The summed E-state index contributed by atoms with van der Waals surface area (Å²) < 4.78 is 68.9. The monoisotopic (exact) mass is 562 g/mol. The minimum Gasteiger partial charge on any atom is -0.511 e. The average molecular weight is 563 g/mol. The van der Waals surface area contributed by atoms with Crippen molar-refractivity contribution in [2.24, 2.45) is 15.7 Å². The summed E-state index contributed by atoms with van der Waals surface area (Å²) in [4.78, 5) is 14.9. The second-order valence-electron chi connectivity index (χ2n) is 10.3. The molecule has 1 amide bonds. The van der Waals surface area contributed by atoms with Crippen LogP contribution in [0.4, 0.5) is 15.8 Å². The first-order valence-electron chi connectivity index (χ1n) is 12.0. The zero-order valence-corrected chi connectivity index (χ0v) is 22.4. The number of sulfonamides is 2. The van der Waals surface area contributed by atoms with Crippen LogP contribution >= 0.6 is 0 Å². The molecule has 5 rings (SSSR count). The van der Waals surface area contributed by atoms with E-state index in [0.29, 0.717) is 17.9 Å². The number of aliphatic hydroxyl groups is 1. The van der Waals surface area contributed by atoms with Crippen molar-refractivity contribution in [3.8, 4) is 0 Å². The van der Waals surface area contributed by atoms with E-state index in [1.54, 1.807) is 12.1 Å². The third-order valence-electron chi connectivity index (χ3n) is 6.84. The van der Waals surface area contributed by atoms with E-state index in [9.17, 15) is 31.1 Å². The molecule has 38 heavy (non-hydrogen) atoms. The maximum Gasteiger partial charge on any atom is 0.286 e. The number of carbonyl (C=O) groups is 1. The Labute approximate surface area is 220 Å². The van der Waals surface area contributed by atoms with E-state index in [1.807, 2.05) is 6.92 Å². The number of halogens is 1. The van der Waals surface area contributed by atoms with E-state index in [1.165, 1.54) is 29.2 Å². The molecular formula is C25H27FN4O6S2. The van der Waals surface area contributed by atoms with Crippen LogP contribution in [-0.4, -0.2) is 51.4 Å². The molecule has 202 valence electrons. The van der Waals surface area contributed by atoms with Gasteiger partial charge in [0.05, 0.1) is 11.9 Å². The van der Waals surface area contributed by atoms with Crippen molar-refractivity contribution in [2.45, 2.75) is 37.6 Å². The summed E-state index contributed by atoms with van der Waals surface area (Å²) in [5, 5.41) is 14.2. The quantitative estimate of drug-likeness (QED) is 0.469. The van der Waals surface area contributed by atoms with Gasteiger partial charge in [-0.15, -0.1) is 4.40 Å². The van der Waals surface area contributed by atoms with E-state index in [2.05, 4.69) is 14.4 Å². The van der Waals surface area contributed by atoms with Gasteiger partial charge < -0.3 is 15.3 Å². The van der Waals surface area contributed by atoms with Gasteiger partial charge in [0, 0.05) is 24.2 Å². The molecule has 0 spiro atoms. The first-order chi connectivity index (χ1) is 17.7. The number of hydrogen-bond donors (Lipinski definition) is 3. The molecule has 1 unspecified atom stereocenters. The number of anilines is 2. The Morgan fingerprint density at radius 2 is 1.89 bits per heavy atom. The molecule has 0 saturated heterocycles. The Morgan fingerprint density at radius 1 is 1.21 bits per heavy atom. The lowest BCUT2D eigenvalue weighted by Crippen LogP contribution is -2.49. The third-order valence-corrected chi connectivity index (χ3v) is 8.76. The lowest BCUT2D eigenvalue weighted by atomic mass is 9.77. The van der Waals surface area contributed by atoms with E-state index in [4.69, 9.17) is 0 Å². The van der Waals surface area contributed by atoms with E-state index in [0.717, 1.165) is 25.2 Å². The van der Waals surface area contributed by atoms with Crippen molar-refractivity contribution < 1.29 is 31.1 Å². The van der Waals surface area contributed by atoms with Crippen molar-refractivity contribution in [1.29, 1.82) is 0 Å². The zero-order valence-electron chi connectivity index (χ0n) is 20.7. The van der Waals surface area contributed by atoms with E-state index < -0.39 is 37.2 Å². The van der Waals surface area contributed by atoms with E-state index >= 15 is 0 Å². The summed E-state index contributed by atoms with van der Waals surface area (Å²) >= 11 is 0. The van der Waals surface area contributed by atoms with Crippen molar-refractivity contribution >= 4 is 43.2 Å². The number of hydrogen-bond acceptors (Lipinski definition) is 7. The van der Waals surface area contributed by atoms with Crippen LogP contribution in [0.3, 0.4) is 0 Å². The van der Waals surface area contributed by atoms with Gasteiger partial charge in [0.2, 0.25) is 10.0 Å². The van der Waals surface area contributed by atoms with Crippen LogP contribution in [-0.2, 0) is 31.4 Å². The van der Waals surface area contributed by atoms with Crippen LogP contribution < -0.4 is 10.0 Å². The Morgan fingerprint density at radius 3 is 2.53 bits per heavy atom. The maximum absolute atomic E-state index is 13.7. The maximum atomic E-state index is 13.7. The summed E-state index contributed by atoms with van der Waals surface area (Å²) in [7, 11) is -8.01. The van der Waals surface area contributed by atoms with Gasteiger partial charge in [0.1, 0.15) is 22.0 Å². The Kier molecular flexibility index (Phi) is 6.26. The number of amidine groups is 1. The molecule has 2 aliphatic heterocycles. The first-order valence-corrected chi connectivity index (χ1v) is 15.3. The van der Waals surface area contributed by atoms with Crippen molar-refractivity contribution in [1.82, 2.24) is 4.90 Å². The van der Waals surface area contributed by atoms with E-state index in [-0.39, 0.29) is 46.5 Å². The topological polar surface area (TPSA) is 145 Å². The highest BCUT2D eigenvalue weighted by molar-refractivity contribution is 7.92. The predicted molar refractivity (Wildman–Crippen MR) is 140 cm³/mol. The van der Waals surface area contributed by atoms with Crippen molar-refractivity contribution in [2.75, 3.05) is 22.8 Å². The van der Waals surface area contributed by atoms with Gasteiger partial charge in [-0.25, -0.2) is 12.8 Å². The van der Waals surface area contributed by atoms with Crippen molar-refractivity contribution in [3.63, 3.8) is 0 Å². The SMILES string of the molecule is CC1(CC2CC2)CN(Cc2ccc(F)cc2)C(=O)C(C2=NS(=O)(=O)c3cc(NS(C)(=O)=O)ccc3N2)=C1O. The molecule has 10 nitrogen and oxygen atoms in total. The van der Waals surface area contributed by atoms with Crippen molar-refractivity contribution in [3.05, 3.63) is 65.2 Å². The van der Waals surface area contributed by atoms with Gasteiger partial charge in [0.15, 0.2) is 5.84 Å². The molecule has 1 fully saturated rings. The number of nitrogens with zero attached hydrogens (tertiary/aromatic N) is 2. The predicted octanol–water partition coefficient (Wildman–Crippen LogP) is 3.37. The summed E-state index contributed by atoms with van der Waals surface area (Å²) in [6.07, 6.45) is 3.56. The molecule has 13 heteroatoms. The Balaban J connectivity index is 1.55. The normalized spacial score (nSPS) is 23.0. The molecule has 3 N–H and O–H groups in total. The third kappa shape index (κ3) is 5.25. The largest absolute Gasteiger partial charge is 0.511 e. The van der Waals surface area contributed by atoms with Crippen LogP contribution in [0.25, 0.3) is 0 Å². The average Bonchev–Trinajstić information content (AvgIpc) is 3.62. The molecule has 2 aromatic rings. The number of aliphatic hydroxyl groups excluding tert-OH is 1. The molecule has 0 aromatic heterocycles. The van der Waals surface area contributed by atoms with Crippen LogP contribution in [0.2, 0.25) is 0 Å². The van der Waals surface area contributed by atoms with Gasteiger partial charge in [-0.2, -0.15) is 8.42 Å². The summed E-state index contributed by atoms with van der Waals surface area (Å²) in [6, 6.07) is 9.60. The van der Waals surface area contributed by atoms with Gasteiger partial charge >= 0.3 is 0 Å². The molecule has 2 aromatic carbocycles. The molecule has 1 saturated carbocycles. The molecule has 0 bridgehead atoms. The molecule has 1 atom stereocenters. The molecular weight excluding hydrogens is 535 g/mol. The van der Waals surface area contributed by atoms with Crippen LogP contribution in [0.5, 0.6) is 0 Å². The number of carbonyl (C=O) groups excluding carboxylic acids is 1. The van der Waals surface area contributed by atoms with Gasteiger partial charge in [-0.05, 0) is 48.2 Å². The summed E-state index contributed by atoms with van der Waals surface area (Å²) in [5.41, 5.74) is -0.289.